The Bertz CT molecular complexity index is 1330. The van der Waals surface area contributed by atoms with Gasteiger partial charge in [0.1, 0.15) is 5.58 Å². The number of anilines is 1. The number of thiazole rings is 1. The zero-order valence-corrected chi connectivity index (χ0v) is 17.8. The van der Waals surface area contributed by atoms with Gasteiger partial charge >= 0.3 is 0 Å². The molecule has 2 aromatic carbocycles. The van der Waals surface area contributed by atoms with Gasteiger partial charge < -0.3 is 4.42 Å². The van der Waals surface area contributed by atoms with E-state index in [2.05, 4.69) is 18.8 Å². The summed E-state index contributed by atoms with van der Waals surface area (Å²) in [7, 11) is 0. The molecule has 30 heavy (non-hydrogen) atoms. The number of hydrogen-bond donors (Lipinski definition) is 0. The van der Waals surface area contributed by atoms with Gasteiger partial charge in [0.2, 0.25) is 5.76 Å². The molecule has 1 amide bonds. The molecular weight excluding hydrogens is 420 g/mol. The summed E-state index contributed by atoms with van der Waals surface area (Å²) in [6, 6.07) is 12.2. The quantitative estimate of drug-likeness (QED) is 0.408. The molecule has 150 valence electrons. The van der Waals surface area contributed by atoms with E-state index in [1.54, 1.807) is 34.7 Å². The van der Waals surface area contributed by atoms with Gasteiger partial charge in [-0.3, -0.25) is 14.5 Å². The van der Waals surface area contributed by atoms with E-state index in [0.717, 1.165) is 5.56 Å². The molecule has 1 aliphatic heterocycles. The summed E-state index contributed by atoms with van der Waals surface area (Å²) in [6.07, 6.45) is 1.64. The number of nitrogens with zero attached hydrogens (tertiary/aromatic N) is 2. The fourth-order valence-corrected chi connectivity index (χ4v) is 4.70. The highest BCUT2D eigenvalue weighted by Gasteiger charge is 2.44. The predicted octanol–water partition coefficient (Wildman–Crippen LogP) is 5.78. The fourth-order valence-electron chi connectivity index (χ4n) is 3.86. The third-order valence-corrected chi connectivity index (χ3v) is 6.38. The van der Waals surface area contributed by atoms with Gasteiger partial charge in [-0.1, -0.05) is 49.7 Å². The standard InChI is InChI=1S/C23H17ClN2O3S/c1-12(2)13-3-5-14(6-4-13)19-18-20(27)16-11-15(24)7-8-17(16)29-21(18)22(28)26(19)23-25-9-10-30-23/h3-12,19H,1-2H3/t19-/m0/s1. The molecule has 0 saturated carbocycles. The molecule has 3 heterocycles. The van der Waals surface area contributed by atoms with E-state index in [0.29, 0.717) is 32.6 Å². The number of halogens is 1. The molecule has 0 N–H and O–H groups in total. The Balaban J connectivity index is 1.78. The molecule has 0 unspecified atom stereocenters. The maximum absolute atomic E-state index is 13.5. The lowest BCUT2D eigenvalue weighted by molar-refractivity contribution is 0.0971. The second kappa shape index (κ2) is 7.07. The van der Waals surface area contributed by atoms with Crippen LogP contribution in [0.4, 0.5) is 5.13 Å². The summed E-state index contributed by atoms with van der Waals surface area (Å²) >= 11 is 7.46. The smallest absolute Gasteiger partial charge is 0.297 e. The Labute approximate surface area is 181 Å². The Morgan fingerprint density at radius 1 is 1.13 bits per heavy atom. The van der Waals surface area contributed by atoms with E-state index >= 15 is 0 Å². The molecule has 0 aliphatic carbocycles. The molecule has 0 bridgehead atoms. The Morgan fingerprint density at radius 3 is 2.57 bits per heavy atom. The van der Waals surface area contributed by atoms with Crippen molar-refractivity contribution in [1.29, 1.82) is 0 Å². The Hall–Kier alpha value is -2.96. The molecule has 0 radical (unpaired) electrons. The second-order valence-corrected chi connectivity index (χ2v) is 8.84. The van der Waals surface area contributed by atoms with Crippen LogP contribution in [0.25, 0.3) is 11.0 Å². The zero-order chi connectivity index (χ0) is 21.0. The first kappa shape index (κ1) is 19.0. The van der Waals surface area contributed by atoms with Crippen molar-refractivity contribution < 1.29 is 9.21 Å². The molecule has 2 aromatic heterocycles. The van der Waals surface area contributed by atoms with Crippen LogP contribution >= 0.6 is 22.9 Å². The van der Waals surface area contributed by atoms with E-state index in [9.17, 15) is 9.59 Å². The van der Waals surface area contributed by atoms with E-state index in [1.807, 2.05) is 24.3 Å². The van der Waals surface area contributed by atoms with Gasteiger partial charge in [-0.05, 0) is 35.2 Å². The number of carbonyl (C=O) groups is 1. The van der Waals surface area contributed by atoms with E-state index in [1.165, 1.54) is 16.9 Å². The van der Waals surface area contributed by atoms with Gasteiger partial charge in [-0.25, -0.2) is 4.98 Å². The number of aromatic nitrogens is 1. The molecule has 1 aliphatic rings. The summed E-state index contributed by atoms with van der Waals surface area (Å²) < 4.78 is 5.92. The van der Waals surface area contributed by atoms with Gasteiger partial charge in [-0.2, -0.15) is 0 Å². The van der Waals surface area contributed by atoms with E-state index in [-0.39, 0.29) is 17.1 Å². The average Bonchev–Trinajstić information content (AvgIpc) is 3.35. The summed E-state index contributed by atoms with van der Waals surface area (Å²) in [4.78, 5) is 32.7. The number of benzene rings is 2. The van der Waals surface area contributed by atoms with Crippen LogP contribution in [0, 0.1) is 0 Å². The van der Waals surface area contributed by atoms with Crippen molar-refractivity contribution in [2.24, 2.45) is 0 Å². The summed E-state index contributed by atoms with van der Waals surface area (Å²) in [5, 5.41) is 3.12. The fraction of sp³-hybridized carbons (Fsp3) is 0.174. The summed E-state index contributed by atoms with van der Waals surface area (Å²) in [6.45, 7) is 4.24. The van der Waals surface area contributed by atoms with Gasteiger partial charge in [0, 0.05) is 16.6 Å². The van der Waals surface area contributed by atoms with Crippen molar-refractivity contribution in [1.82, 2.24) is 4.98 Å². The maximum atomic E-state index is 13.5. The first-order valence-electron chi connectivity index (χ1n) is 9.55. The maximum Gasteiger partial charge on any atom is 0.297 e. The minimum atomic E-state index is -0.612. The number of hydrogen-bond acceptors (Lipinski definition) is 5. The first-order chi connectivity index (χ1) is 14.5. The predicted molar refractivity (Wildman–Crippen MR) is 119 cm³/mol. The number of carbonyl (C=O) groups excluding carboxylic acids is 1. The van der Waals surface area contributed by atoms with E-state index in [4.69, 9.17) is 16.0 Å². The average molecular weight is 437 g/mol. The van der Waals surface area contributed by atoms with Crippen LogP contribution in [0.15, 0.2) is 63.3 Å². The topological polar surface area (TPSA) is 63.4 Å². The lowest BCUT2D eigenvalue weighted by atomic mass is 9.95. The van der Waals surface area contributed by atoms with Crippen LogP contribution in [0.3, 0.4) is 0 Å². The molecule has 0 spiro atoms. The van der Waals surface area contributed by atoms with Crippen molar-refractivity contribution in [3.63, 3.8) is 0 Å². The van der Waals surface area contributed by atoms with Crippen LogP contribution in [0.5, 0.6) is 0 Å². The first-order valence-corrected chi connectivity index (χ1v) is 10.8. The largest absolute Gasteiger partial charge is 0.450 e. The van der Waals surface area contributed by atoms with Crippen LogP contribution in [0.1, 0.15) is 53.1 Å². The van der Waals surface area contributed by atoms with Crippen molar-refractivity contribution in [2.75, 3.05) is 4.90 Å². The summed E-state index contributed by atoms with van der Waals surface area (Å²) in [5.41, 5.74) is 2.42. The molecule has 7 heteroatoms. The second-order valence-electron chi connectivity index (χ2n) is 7.53. The van der Waals surface area contributed by atoms with Crippen molar-refractivity contribution >= 4 is 44.9 Å². The van der Waals surface area contributed by atoms with Gasteiger partial charge in [0.05, 0.1) is 17.0 Å². The lowest BCUT2D eigenvalue weighted by Crippen LogP contribution is -2.29. The lowest BCUT2D eigenvalue weighted by Gasteiger charge is -2.23. The van der Waals surface area contributed by atoms with Crippen LogP contribution in [-0.4, -0.2) is 10.9 Å². The molecule has 4 aromatic rings. The minimum absolute atomic E-state index is 0.0583. The Morgan fingerprint density at radius 2 is 1.90 bits per heavy atom. The van der Waals surface area contributed by atoms with Gasteiger partial charge in [0.25, 0.3) is 5.91 Å². The van der Waals surface area contributed by atoms with Crippen LogP contribution in [0.2, 0.25) is 5.02 Å². The summed E-state index contributed by atoms with van der Waals surface area (Å²) in [5.74, 6) is 0.0672. The zero-order valence-electron chi connectivity index (χ0n) is 16.3. The van der Waals surface area contributed by atoms with Gasteiger partial charge in [-0.15, -0.1) is 11.3 Å². The number of fused-ring (bicyclic) bond motifs is 2. The van der Waals surface area contributed by atoms with Crippen molar-refractivity contribution in [2.45, 2.75) is 25.8 Å². The molecule has 0 saturated heterocycles. The normalized spacial score (nSPS) is 15.9. The molecule has 5 nitrogen and oxygen atoms in total. The van der Waals surface area contributed by atoms with Crippen molar-refractivity contribution in [3.8, 4) is 0 Å². The SMILES string of the molecule is CC(C)c1ccc([C@H]2c3c(oc4ccc(Cl)cc4c3=O)C(=O)N2c2nccs2)cc1. The molecule has 5 rings (SSSR count). The van der Waals surface area contributed by atoms with Crippen LogP contribution in [-0.2, 0) is 0 Å². The monoisotopic (exact) mass is 436 g/mol. The molecule has 1 atom stereocenters. The Kier molecular flexibility index (Phi) is 4.49. The molecular formula is C23H17ClN2O3S. The highest BCUT2D eigenvalue weighted by Crippen LogP contribution is 2.42. The third kappa shape index (κ3) is 2.87. The number of amides is 1. The highest BCUT2D eigenvalue weighted by molar-refractivity contribution is 7.13. The number of rotatable bonds is 3. The van der Waals surface area contributed by atoms with Gasteiger partial charge in [0.15, 0.2) is 10.6 Å². The third-order valence-electron chi connectivity index (χ3n) is 5.38. The van der Waals surface area contributed by atoms with Crippen molar-refractivity contribution in [3.05, 3.63) is 91.7 Å². The highest BCUT2D eigenvalue weighted by atomic mass is 35.5. The van der Waals surface area contributed by atoms with Crippen LogP contribution < -0.4 is 10.3 Å². The molecule has 0 fully saturated rings. The minimum Gasteiger partial charge on any atom is -0.450 e. The van der Waals surface area contributed by atoms with E-state index < -0.39 is 6.04 Å².